The third-order valence-electron chi connectivity index (χ3n) is 9.09. The van der Waals surface area contributed by atoms with E-state index in [9.17, 15) is 19.0 Å². The molecule has 0 aliphatic heterocycles. The molecule has 57 heavy (non-hydrogen) atoms. The van der Waals surface area contributed by atoms with Crippen molar-refractivity contribution in [2.45, 2.75) is 187 Å². The SMILES string of the molecule is CCCCCC/C=C/C=C/CCCCCCCC(=O)OC[C@H](COP(=O)(O)OCCN)OC(=O)CCC/C=C/C/C=C/C/C=C/C/C=C/CCCCCCCCC. The molecular weight excluding hydrogens is 737 g/mol. The molecule has 0 aromatic heterocycles. The summed E-state index contributed by atoms with van der Waals surface area (Å²) in [6, 6.07) is 0. The van der Waals surface area contributed by atoms with Crippen molar-refractivity contribution in [1.82, 2.24) is 0 Å². The molecule has 0 aromatic carbocycles. The molecular formula is C47H82NO8P. The Morgan fingerprint density at radius 1 is 0.544 bits per heavy atom. The van der Waals surface area contributed by atoms with Gasteiger partial charge in [-0.3, -0.25) is 18.6 Å². The van der Waals surface area contributed by atoms with Gasteiger partial charge in [-0.05, 0) is 77.0 Å². The fourth-order valence-corrected chi connectivity index (χ4v) is 6.50. The quantitative estimate of drug-likeness (QED) is 0.0203. The van der Waals surface area contributed by atoms with Crippen LogP contribution in [0.3, 0.4) is 0 Å². The maximum Gasteiger partial charge on any atom is 0.472 e. The van der Waals surface area contributed by atoms with Gasteiger partial charge in [0.1, 0.15) is 6.61 Å². The molecule has 328 valence electrons. The second-order valence-corrected chi connectivity index (χ2v) is 16.0. The molecule has 0 aliphatic carbocycles. The normalized spacial score (nSPS) is 14.0. The summed E-state index contributed by atoms with van der Waals surface area (Å²) in [4.78, 5) is 34.9. The van der Waals surface area contributed by atoms with Gasteiger partial charge in [0.05, 0.1) is 13.2 Å². The van der Waals surface area contributed by atoms with Gasteiger partial charge >= 0.3 is 19.8 Å². The molecule has 0 saturated heterocycles. The molecule has 3 N–H and O–H groups in total. The second-order valence-electron chi connectivity index (χ2n) is 14.6. The van der Waals surface area contributed by atoms with Gasteiger partial charge in [-0.2, -0.15) is 0 Å². The standard InChI is InChI=1S/C47H82NO8P/c1-3-5-7-9-11-13-15-17-19-20-21-22-23-24-26-28-30-32-34-36-38-40-47(50)56-45(44-55-57(51,52)54-42-41-48)43-53-46(49)39-37-35-33-31-29-27-25-18-16-14-12-10-8-6-4-2/h14,16,18-20,22-23,25-26,28,32,34,45H,3-13,15,17,21,24,27,29-31,33,35-44,48H2,1-2H3,(H,51,52)/b16-14+,20-19+,23-22+,25-18+,28-26+,34-32+/t45-/m1/s1. The van der Waals surface area contributed by atoms with Crippen molar-refractivity contribution in [3.63, 3.8) is 0 Å². The van der Waals surface area contributed by atoms with Gasteiger partial charge in [-0.25, -0.2) is 4.57 Å². The average molecular weight is 820 g/mol. The highest BCUT2D eigenvalue weighted by Gasteiger charge is 2.25. The highest BCUT2D eigenvalue weighted by molar-refractivity contribution is 7.47. The van der Waals surface area contributed by atoms with Crippen molar-refractivity contribution in [1.29, 1.82) is 0 Å². The molecule has 2 atom stereocenters. The van der Waals surface area contributed by atoms with Gasteiger partial charge in [0.2, 0.25) is 0 Å². The Hall–Kier alpha value is -2.55. The minimum atomic E-state index is -4.40. The Morgan fingerprint density at radius 3 is 1.53 bits per heavy atom. The minimum absolute atomic E-state index is 0.0392. The van der Waals surface area contributed by atoms with E-state index in [1.807, 2.05) is 6.08 Å². The number of carbonyl (C=O) groups excluding carboxylic acids is 2. The maximum absolute atomic E-state index is 12.6. The van der Waals surface area contributed by atoms with Crippen LogP contribution >= 0.6 is 7.82 Å². The van der Waals surface area contributed by atoms with Crippen molar-refractivity contribution in [2.24, 2.45) is 5.73 Å². The molecule has 0 radical (unpaired) electrons. The first kappa shape index (κ1) is 54.5. The number of ether oxygens (including phenoxy) is 2. The third-order valence-corrected chi connectivity index (χ3v) is 10.1. The van der Waals surface area contributed by atoms with Crippen LogP contribution in [0.15, 0.2) is 72.9 Å². The second kappa shape index (κ2) is 43.0. The number of allylic oxidation sites excluding steroid dienone is 12. The molecule has 0 rings (SSSR count). The van der Waals surface area contributed by atoms with E-state index in [0.717, 1.165) is 57.8 Å². The molecule has 9 nitrogen and oxygen atoms in total. The van der Waals surface area contributed by atoms with Crippen molar-refractivity contribution in [2.75, 3.05) is 26.4 Å². The van der Waals surface area contributed by atoms with Gasteiger partial charge in [-0.1, -0.05) is 164 Å². The zero-order valence-electron chi connectivity index (χ0n) is 36.0. The number of esters is 2. The molecule has 0 fully saturated rings. The van der Waals surface area contributed by atoms with Crippen LogP contribution in [-0.4, -0.2) is 49.3 Å². The molecule has 0 aliphatic rings. The van der Waals surface area contributed by atoms with Crippen LogP contribution in [0.4, 0.5) is 0 Å². The van der Waals surface area contributed by atoms with Crippen LogP contribution in [0.5, 0.6) is 0 Å². The molecule has 0 saturated carbocycles. The summed E-state index contributed by atoms with van der Waals surface area (Å²) in [5.74, 6) is -0.917. The molecule has 0 bridgehead atoms. The zero-order valence-corrected chi connectivity index (χ0v) is 36.9. The number of carbonyl (C=O) groups is 2. The Balaban J connectivity index is 4.28. The average Bonchev–Trinajstić information content (AvgIpc) is 3.20. The Morgan fingerprint density at radius 2 is 0.982 bits per heavy atom. The lowest BCUT2D eigenvalue weighted by molar-refractivity contribution is -0.161. The summed E-state index contributed by atoms with van der Waals surface area (Å²) >= 11 is 0. The summed E-state index contributed by atoms with van der Waals surface area (Å²) < 4.78 is 32.7. The van der Waals surface area contributed by atoms with Gasteiger partial charge < -0.3 is 20.1 Å². The molecule has 10 heteroatoms. The Labute approximate surface area is 348 Å². The van der Waals surface area contributed by atoms with Crippen molar-refractivity contribution in [3.8, 4) is 0 Å². The fourth-order valence-electron chi connectivity index (χ4n) is 5.73. The van der Waals surface area contributed by atoms with Crippen LogP contribution in [0, 0.1) is 0 Å². The summed E-state index contributed by atoms with van der Waals surface area (Å²) in [5, 5.41) is 0. The maximum atomic E-state index is 12.6. The molecule has 1 unspecified atom stereocenters. The monoisotopic (exact) mass is 820 g/mol. The summed E-state index contributed by atoms with van der Waals surface area (Å²) in [7, 11) is -4.40. The van der Waals surface area contributed by atoms with E-state index in [-0.39, 0.29) is 32.6 Å². The Kier molecular flexibility index (Phi) is 41.1. The fraction of sp³-hybridized carbons (Fsp3) is 0.702. The summed E-state index contributed by atoms with van der Waals surface area (Å²) in [5.41, 5.74) is 5.34. The number of hydrogen-bond donors (Lipinski definition) is 2. The number of unbranched alkanes of at least 4 members (excludes halogenated alkanes) is 17. The van der Waals surface area contributed by atoms with Gasteiger partial charge in [-0.15, -0.1) is 0 Å². The van der Waals surface area contributed by atoms with Crippen molar-refractivity contribution >= 4 is 19.8 Å². The minimum Gasteiger partial charge on any atom is -0.462 e. The van der Waals surface area contributed by atoms with Gasteiger partial charge in [0.15, 0.2) is 6.10 Å². The first-order valence-corrected chi connectivity index (χ1v) is 23.9. The highest BCUT2D eigenvalue weighted by Crippen LogP contribution is 2.43. The zero-order chi connectivity index (χ0) is 41.8. The van der Waals surface area contributed by atoms with E-state index in [4.69, 9.17) is 24.3 Å². The van der Waals surface area contributed by atoms with E-state index in [1.54, 1.807) is 0 Å². The van der Waals surface area contributed by atoms with Crippen molar-refractivity contribution in [3.05, 3.63) is 72.9 Å². The first-order chi connectivity index (χ1) is 27.8. The lowest BCUT2D eigenvalue weighted by Crippen LogP contribution is -2.29. The molecule has 0 amide bonds. The van der Waals surface area contributed by atoms with E-state index >= 15 is 0 Å². The van der Waals surface area contributed by atoms with E-state index in [1.165, 1.54) is 77.0 Å². The van der Waals surface area contributed by atoms with E-state index < -0.39 is 32.5 Å². The lowest BCUT2D eigenvalue weighted by atomic mass is 10.1. The van der Waals surface area contributed by atoms with Gasteiger partial charge in [0.25, 0.3) is 0 Å². The number of hydrogen-bond acceptors (Lipinski definition) is 8. The summed E-state index contributed by atoms with van der Waals surface area (Å²) in [6.07, 6.45) is 52.3. The number of phosphoric ester groups is 1. The van der Waals surface area contributed by atoms with Crippen LogP contribution in [0.25, 0.3) is 0 Å². The number of phosphoric acid groups is 1. The Bertz CT molecular complexity index is 1160. The number of nitrogens with two attached hydrogens (primary N) is 1. The van der Waals surface area contributed by atoms with E-state index in [0.29, 0.717) is 19.3 Å². The first-order valence-electron chi connectivity index (χ1n) is 22.4. The predicted molar refractivity (Wildman–Crippen MR) is 238 cm³/mol. The predicted octanol–water partition coefficient (Wildman–Crippen LogP) is 13.1. The van der Waals surface area contributed by atoms with Crippen LogP contribution in [0.1, 0.15) is 181 Å². The molecule has 0 heterocycles. The largest absolute Gasteiger partial charge is 0.472 e. The van der Waals surface area contributed by atoms with E-state index in [2.05, 4.69) is 80.7 Å². The molecule has 0 aromatic rings. The van der Waals surface area contributed by atoms with Crippen LogP contribution in [0.2, 0.25) is 0 Å². The smallest absolute Gasteiger partial charge is 0.462 e. The van der Waals surface area contributed by atoms with Crippen LogP contribution < -0.4 is 5.73 Å². The van der Waals surface area contributed by atoms with Gasteiger partial charge in [0, 0.05) is 19.4 Å². The highest BCUT2D eigenvalue weighted by atomic mass is 31.2. The number of rotatable bonds is 41. The molecule has 0 spiro atoms. The summed E-state index contributed by atoms with van der Waals surface area (Å²) in [6.45, 7) is 3.62. The third kappa shape index (κ3) is 42.9. The van der Waals surface area contributed by atoms with Crippen molar-refractivity contribution < 1.29 is 37.6 Å². The lowest BCUT2D eigenvalue weighted by Gasteiger charge is -2.19. The topological polar surface area (TPSA) is 134 Å². The van der Waals surface area contributed by atoms with Crippen LogP contribution in [-0.2, 0) is 32.7 Å².